The molecule has 0 saturated heterocycles. The van der Waals surface area contributed by atoms with Crippen molar-refractivity contribution in [1.29, 1.82) is 0 Å². The third-order valence-electron chi connectivity index (χ3n) is 3.46. The van der Waals surface area contributed by atoms with Crippen LogP contribution in [0.5, 0.6) is 0 Å². The van der Waals surface area contributed by atoms with Crippen molar-refractivity contribution < 1.29 is 4.79 Å². The Bertz CT molecular complexity index is 735. The summed E-state index contributed by atoms with van der Waals surface area (Å²) in [4.78, 5) is 16.2. The first-order valence-corrected chi connectivity index (χ1v) is 7.23. The minimum absolute atomic E-state index is 0.0537. The fourth-order valence-corrected chi connectivity index (χ4v) is 2.33. The lowest BCUT2D eigenvalue weighted by Crippen LogP contribution is -2.27. The van der Waals surface area contributed by atoms with Gasteiger partial charge in [-0.05, 0) is 17.7 Å². The van der Waals surface area contributed by atoms with Crippen molar-refractivity contribution >= 4 is 5.91 Å². The lowest BCUT2D eigenvalue weighted by molar-refractivity contribution is 0.0952. The molecule has 0 bridgehead atoms. The Morgan fingerprint density at radius 3 is 2.41 bits per heavy atom. The maximum absolute atomic E-state index is 12.0. The van der Waals surface area contributed by atoms with Crippen molar-refractivity contribution in [3.63, 3.8) is 0 Å². The second-order valence-corrected chi connectivity index (χ2v) is 4.96. The number of hydrogen-bond donors (Lipinski definition) is 1. The number of nitrogens with zero attached hydrogens (tertiary/aromatic N) is 2. The van der Waals surface area contributed by atoms with Crippen LogP contribution in [0, 0.1) is 0 Å². The van der Waals surface area contributed by atoms with E-state index in [-0.39, 0.29) is 5.91 Å². The molecule has 4 nitrogen and oxygen atoms in total. The third-order valence-corrected chi connectivity index (χ3v) is 3.46. The molecular weight excluding hydrogens is 274 g/mol. The molecule has 110 valence electrons. The SMILES string of the molecule is O=C(NCCn1cncc1-c1ccccc1)c1ccccc1. The van der Waals surface area contributed by atoms with E-state index in [1.807, 2.05) is 59.3 Å². The minimum atomic E-state index is -0.0537. The van der Waals surface area contributed by atoms with Crippen molar-refractivity contribution in [2.75, 3.05) is 6.54 Å². The first kappa shape index (κ1) is 14.1. The number of benzene rings is 2. The maximum Gasteiger partial charge on any atom is 0.251 e. The molecule has 0 aliphatic heterocycles. The number of imidazole rings is 1. The highest BCUT2D eigenvalue weighted by Crippen LogP contribution is 2.17. The van der Waals surface area contributed by atoms with E-state index in [0.717, 1.165) is 11.3 Å². The standard InChI is InChI=1S/C18H17N3O/c22-18(16-9-5-2-6-10-16)20-11-12-21-14-19-13-17(21)15-7-3-1-4-8-15/h1-10,13-14H,11-12H2,(H,20,22). The predicted octanol–water partition coefficient (Wildman–Crippen LogP) is 2.98. The molecule has 0 aliphatic carbocycles. The number of carbonyl (C=O) groups is 1. The van der Waals surface area contributed by atoms with Crippen molar-refractivity contribution in [2.45, 2.75) is 6.54 Å². The van der Waals surface area contributed by atoms with Gasteiger partial charge in [0.15, 0.2) is 0 Å². The largest absolute Gasteiger partial charge is 0.350 e. The van der Waals surface area contributed by atoms with Gasteiger partial charge in [-0.3, -0.25) is 4.79 Å². The molecule has 0 spiro atoms. The lowest BCUT2D eigenvalue weighted by atomic mass is 10.2. The molecule has 1 N–H and O–H groups in total. The summed E-state index contributed by atoms with van der Waals surface area (Å²) < 4.78 is 2.04. The molecule has 0 unspecified atom stereocenters. The molecule has 0 radical (unpaired) electrons. The average molecular weight is 291 g/mol. The highest BCUT2D eigenvalue weighted by molar-refractivity contribution is 5.94. The molecule has 1 aromatic heterocycles. The Labute approximate surface area is 129 Å². The van der Waals surface area contributed by atoms with Gasteiger partial charge in [-0.15, -0.1) is 0 Å². The Morgan fingerprint density at radius 2 is 1.68 bits per heavy atom. The van der Waals surface area contributed by atoms with Crippen LogP contribution in [0.15, 0.2) is 73.2 Å². The molecule has 0 aliphatic rings. The summed E-state index contributed by atoms with van der Waals surface area (Å²) in [6, 6.07) is 19.3. The third kappa shape index (κ3) is 3.23. The monoisotopic (exact) mass is 291 g/mol. The minimum Gasteiger partial charge on any atom is -0.350 e. The van der Waals surface area contributed by atoms with Crippen LogP contribution in [0.4, 0.5) is 0 Å². The van der Waals surface area contributed by atoms with Crippen LogP contribution in [0.25, 0.3) is 11.3 Å². The predicted molar refractivity (Wildman–Crippen MR) is 86.4 cm³/mol. The zero-order valence-electron chi connectivity index (χ0n) is 12.1. The van der Waals surface area contributed by atoms with Crippen LogP contribution >= 0.6 is 0 Å². The van der Waals surface area contributed by atoms with Gasteiger partial charge in [0.25, 0.3) is 5.91 Å². The van der Waals surface area contributed by atoms with Crippen LogP contribution in [0.1, 0.15) is 10.4 Å². The van der Waals surface area contributed by atoms with E-state index >= 15 is 0 Å². The molecule has 1 heterocycles. The van der Waals surface area contributed by atoms with Crippen LogP contribution in [0.3, 0.4) is 0 Å². The first-order valence-electron chi connectivity index (χ1n) is 7.23. The van der Waals surface area contributed by atoms with Gasteiger partial charge in [0.05, 0.1) is 18.2 Å². The summed E-state index contributed by atoms with van der Waals surface area (Å²) in [7, 11) is 0. The quantitative estimate of drug-likeness (QED) is 0.785. The summed E-state index contributed by atoms with van der Waals surface area (Å²) in [6.07, 6.45) is 3.63. The molecule has 2 aromatic carbocycles. The van der Waals surface area contributed by atoms with Gasteiger partial charge >= 0.3 is 0 Å². The number of nitrogens with one attached hydrogen (secondary N) is 1. The van der Waals surface area contributed by atoms with E-state index in [9.17, 15) is 4.79 Å². The number of aromatic nitrogens is 2. The van der Waals surface area contributed by atoms with Crippen molar-refractivity contribution in [3.05, 3.63) is 78.8 Å². The molecule has 3 aromatic rings. The van der Waals surface area contributed by atoms with E-state index in [1.165, 1.54) is 0 Å². The number of rotatable bonds is 5. The van der Waals surface area contributed by atoms with Crippen molar-refractivity contribution in [1.82, 2.24) is 14.9 Å². The van der Waals surface area contributed by atoms with Gasteiger partial charge in [0.1, 0.15) is 0 Å². The Kier molecular flexibility index (Phi) is 4.30. The molecular formula is C18H17N3O. The molecule has 4 heteroatoms. The lowest BCUT2D eigenvalue weighted by Gasteiger charge is -2.09. The van der Waals surface area contributed by atoms with Crippen LogP contribution in [0.2, 0.25) is 0 Å². The van der Waals surface area contributed by atoms with E-state index in [4.69, 9.17) is 0 Å². The maximum atomic E-state index is 12.0. The normalized spacial score (nSPS) is 10.4. The topological polar surface area (TPSA) is 46.9 Å². The smallest absolute Gasteiger partial charge is 0.251 e. The molecule has 22 heavy (non-hydrogen) atoms. The van der Waals surface area contributed by atoms with Crippen LogP contribution in [-0.2, 0) is 6.54 Å². The van der Waals surface area contributed by atoms with Gasteiger partial charge in [-0.25, -0.2) is 4.98 Å². The Morgan fingerprint density at radius 1 is 1.00 bits per heavy atom. The van der Waals surface area contributed by atoms with Crippen LogP contribution < -0.4 is 5.32 Å². The van der Waals surface area contributed by atoms with E-state index in [0.29, 0.717) is 18.7 Å². The van der Waals surface area contributed by atoms with Gasteiger partial charge in [-0.1, -0.05) is 48.5 Å². The number of hydrogen-bond acceptors (Lipinski definition) is 2. The second-order valence-electron chi connectivity index (χ2n) is 4.96. The summed E-state index contributed by atoms with van der Waals surface area (Å²) >= 11 is 0. The molecule has 0 atom stereocenters. The van der Waals surface area contributed by atoms with Gasteiger partial charge in [0, 0.05) is 18.7 Å². The summed E-state index contributed by atoms with van der Waals surface area (Å²) in [6.45, 7) is 1.24. The van der Waals surface area contributed by atoms with Gasteiger partial charge < -0.3 is 9.88 Å². The highest BCUT2D eigenvalue weighted by Gasteiger charge is 2.06. The van der Waals surface area contributed by atoms with Gasteiger partial charge in [0.2, 0.25) is 0 Å². The summed E-state index contributed by atoms with van der Waals surface area (Å²) in [5, 5.41) is 2.93. The average Bonchev–Trinajstić information content (AvgIpc) is 3.05. The summed E-state index contributed by atoms with van der Waals surface area (Å²) in [5.74, 6) is -0.0537. The summed E-state index contributed by atoms with van der Waals surface area (Å²) in [5.41, 5.74) is 2.85. The Balaban J connectivity index is 1.61. The zero-order valence-corrected chi connectivity index (χ0v) is 12.1. The number of carbonyl (C=O) groups excluding carboxylic acids is 1. The van der Waals surface area contributed by atoms with Crippen molar-refractivity contribution in [3.8, 4) is 11.3 Å². The number of amides is 1. The zero-order chi connectivity index (χ0) is 15.2. The molecule has 1 amide bonds. The highest BCUT2D eigenvalue weighted by atomic mass is 16.1. The first-order chi connectivity index (χ1) is 10.8. The second kappa shape index (κ2) is 6.72. The molecule has 3 rings (SSSR count). The van der Waals surface area contributed by atoms with E-state index in [1.54, 1.807) is 6.33 Å². The van der Waals surface area contributed by atoms with E-state index in [2.05, 4.69) is 22.4 Å². The molecule has 0 fully saturated rings. The van der Waals surface area contributed by atoms with Crippen molar-refractivity contribution in [2.24, 2.45) is 0 Å². The van der Waals surface area contributed by atoms with Gasteiger partial charge in [-0.2, -0.15) is 0 Å². The fraction of sp³-hybridized carbons (Fsp3) is 0.111. The molecule has 0 saturated carbocycles. The fourth-order valence-electron chi connectivity index (χ4n) is 2.33. The van der Waals surface area contributed by atoms with E-state index < -0.39 is 0 Å². The van der Waals surface area contributed by atoms with Crippen LogP contribution in [-0.4, -0.2) is 22.0 Å². The Hall–Kier alpha value is -2.88.